The Kier molecular flexibility index (Phi) is 4.21. The molecule has 0 spiro atoms. The van der Waals surface area contributed by atoms with Gasteiger partial charge in [-0.2, -0.15) is 4.57 Å². The molecule has 0 bridgehead atoms. The van der Waals surface area contributed by atoms with E-state index in [-0.39, 0.29) is 5.91 Å². The van der Waals surface area contributed by atoms with Crippen LogP contribution in [0.25, 0.3) is 22.5 Å². The van der Waals surface area contributed by atoms with Gasteiger partial charge in [-0.3, -0.25) is 5.32 Å². The van der Waals surface area contributed by atoms with Crippen LogP contribution in [0.5, 0.6) is 0 Å². The molecule has 3 heterocycles. The van der Waals surface area contributed by atoms with Crippen molar-refractivity contribution in [3.05, 3.63) is 78.9 Å². The van der Waals surface area contributed by atoms with Crippen LogP contribution >= 0.6 is 0 Å². The summed E-state index contributed by atoms with van der Waals surface area (Å²) in [5, 5.41) is 3.33. The van der Waals surface area contributed by atoms with Gasteiger partial charge in [0.05, 0.1) is 12.7 Å². The minimum atomic E-state index is -0.438. The van der Waals surface area contributed by atoms with Crippen molar-refractivity contribution in [2.24, 2.45) is 0 Å². The smallest absolute Gasteiger partial charge is 0.359 e. The van der Waals surface area contributed by atoms with Crippen LogP contribution in [0.15, 0.2) is 77.5 Å². The van der Waals surface area contributed by atoms with Crippen LogP contribution in [0.3, 0.4) is 0 Å². The highest BCUT2D eigenvalue weighted by Crippen LogP contribution is 2.30. The summed E-state index contributed by atoms with van der Waals surface area (Å²) in [6, 6.07) is 18.1. The molecule has 0 saturated heterocycles. The molecule has 0 saturated carbocycles. The first kappa shape index (κ1) is 17.9. The van der Waals surface area contributed by atoms with Crippen molar-refractivity contribution >= 4 is 23.1 Å². The molecule has 148 valence electrons. The second-order valence-corrected chi connectivity index (χ2v) is 7.26. The van der Waals surface area contributed by atoms with Crippen LogP contribution in [-0.2, 0) is 6.42 Å². The Morgan fingerprint density at radius 1 is 0.967 bits per heavy atom. The minimum absolute atomic E-state index is 0.0582. The van der Waals surface area contributed by atoms with E-state index in [2.05, 4.69) is 5.32 Å². The van der Waals surface area contributed by atoms with Crippen LogP contribution in [0.4, 0.5) is 17.2 Å². The van der Waals surface area contributed by atoms with Crippen molar-refractivity contribution in [3.8, 4) is 22.5 Å². The molecule has 0 amide bonds. The van der Waals surface area contributed by atoms with E-state index >= 15 is 0 Å². The molecule has 1 aliphatic heterocycles. The van der Waals surface area contributed by atoms with Crippen molar-refractivity contribution in [1.29, 1.82) is 0 Å². The summed E-state index contributed by atoms with van der Waals surface area (Å²) < 4.78 is 7.07. The molecule has 7 heteroatoms. The molecule has 7 nitrogen and oxygen atoms in total. The first-order valence-corrected chi connectivity index (χ1v) is 9.60. The predicted molar refractivity (Wildman–Crippen MR) is 115 cm³/mol. The van der Waals surface area contributed by atoms with E-state index in [1.54, 1.807) is 17.0 Å². The number of anilines is 3. The number of fused-ring (bicyclic) bond motifs is 1. The van der Waals surface area contributed by atoms with Crippen molar-refractivity contribution < 1.29 is 13.8 Å². The maximum absolute atomic E-state index is 13.2. The fraction of sp³-hybridized carbons (Fsp3) is 0.0870. The van der Waals surface area contributed by atoms with Gasteiger partial charge in [0.15, 0.2) is 5.69 Å². The number of rotatable bonds is 4. The standard InChI is InChI=1S/C23H19N5O2/c24-16-7-3-14(4-8-16)20-13-28-22(21(26-20)15-5-9-17(25)10-6-15)27-19(23(28)29)12-18-2-1-11-30-18/h1-11,13,19H,12,24H2,(H2,25,26)/p+1. The summed E-state index contributed by atoms with van der Waals surface area (Å²) in [4.78, 5) is 18.1. The second kappa shape index (κ2) is 7.04. The molecule has 1 atom stereocenters. The van der Waals surface area contributed by atoms with E-state index < -0.39 is 6.04 Å². The van der Waals surface area contributed by atoms with E-state index in [4.69, 9.17) is 20.9 Å². The van der Waals surface area contributed by atoms with Gasteiger partial charge in [-0.25, -0.2) is 9.78 Å². The Morgan fingerprint density at radius 2 is 1.63 bits per heavy atom. The number of hydrogen-bond acceptors (Lipinski definition) is 6. The van der Waals surface area contributed by atoms with Crippen molar-refractivity contribution in [3.63, 3.8) is 0 Å². The van der Waals surface area contributed by atoms with Crippen molar-refractivity contribution in [2.75, 3.05) is 16.8 Å². The number of nitrogens with two attached hydrogens (primary N) is 2. The summed E-state index contributed by atoms with van der Waals surface area (Å²) in [6.45, 7) is 0. The molecule has 0 aliphatic carbocycles. The summed E-state index contributed by atoms with van der Waals surface area (Å²) >= 11 is 0. The van der Waals surface area contributed by atoms with Crippen LogP contribution in [0.1, 0.15) is 10.6 Å². The normalized spacial score (nSPS) is 15.1. The highest BCUT2D eigenvalue weighted by atomic mass is 16.3. The zero-order chi connectivity index (χ0) is 20.7. The summed E-state index contributed by atoms with van der Waals surface area (Å²) in [6.07, 6.45) is 3.82. The first-order chi connectivity index (χ1) is 14.6. The van der Waals surface area contributed by atoms with Crippen molar-refractivity contribution in [1.82, 2.24) is 4.98 Å². The fourth-order valence-corrected chi connectivity index (χ4v) is 3.61. The molecule has 2 aromatic carbocycles. The fourth-order valence-electron chi connectivity index (χ4n) is 3.61. The van der Waals surface area contributed by atoms with Gasteiger partial charge < -0.3 is 15.9 Å². The van der Waals surface area contributed by atoms with Gasteiger partial charge in [-0.15, -0.1) is 0 Å². The van der Waals surface area contributed by atoms with E-state index in [1.165, 1.54) is 0 Å². The van der Waals surface area contributed by atoms with E-state index in [1.807, 2.05) is 60.7 Å². The number of aromatic nitrogens is 2. The molecule has 30 heavy (non-hydrogen) atoms. The highest BCUT2D eigenvalue weighted by Gasteiger charge is 2.41. The van der Waals surface area contributed by atoms with Crippen LogP contribution in [-0.4, -0.2) is 16.9 Å². The third kappa shape index (κ3) is 3.16. The van der Waals surface area contributed by atoms with Gasteiger partial charge in [0.2, 0.25) is 6.04 Å². The average Bonchev–Trinajstić information content (AvgIpc) is 3.37. The van der Waals surface area contributed by atoms with Gasteiger partial charge in [-0.1, -0.05) is 24.3 Å². The second-order valence-electron chi connectivity index (χ2n) is 7.26. The zero-order valence-electron chi connectivity index (χ0n) is 16.1. The molecule has 1 aliphatic rings. The number of nitrogens with one attached hydrogen (secondary N) is 1. The van der Waals surface area contributed by atoms with Gasteiger partial charge in [0, 0.05) is 22.5 Å². The molecule has 5 N–H and O–H groups in total. The Morgan fingerprint density at radius 3 is 2.27 bits per heavy atom. The minimum Gasteiger partial charge on any atom is -0.469 e. The Bertz CT molecular complexity index is 1220. The third-order valence-electron chi connectivity index (χ3n) is 5.17. The molecule has 0 fully saturated rings. The van der Waals surface area contributed by atoms with E-state index in [9.17, 15) is 4.79 Å². The van der Waals surface area contributed by atoms with Crippen molar-refractivity contribution in [2.45, 2.75) is 12.5 Å². The highest BCUT2D eigenvalue weighted by molar-refractivity contribution is 5.87. The SMILES string of the molecule is Nc1ccc(-c2c[n+]3c(c(-c4ccc(N)cc4)n2)NC(Cc2ccco2)C3=O)cc1. The third-order valence-corrected chi connectivity index (χ3v) is 5.17. The number of furan rings is 1. The van der Waals surface area contributed by atoms with Crippen LogP contribution < -0.4 is 21.4 Å². The molecular weight excluding hydrogens is 378 g/mol. The Balaban J connectivity index is 1.63. The molecule has 4 aromatic rings. The largest absolute Gasteiger partial charge is 0.469 e. The number of nitrogen functional groups attached to an aromatic ring is 2. The molecule has 5 rings (SSSR count). The summed E-state index contributed by atoms with van der Waals surface area (Å²) in [5.74, 6) is 1.34. The summed E-state index contributed by atoms with van der Waals surface area (Å²) in [7, 11) is 0. The lowest BCUT2D eigenvalue weighted by Gasteiger charge is -2.07. The van der Waals surface area contributed by atoms with Gasteiger partial charge in [-0.05, 0) is 36.4 Å². The number of carbonyl (C=O) groups excluding carboxylic acids is 1. The Labute approximate surface area is 173 Å². The molecule has 2 aromatic heterocycles. The first-order valence-electron chi connectivity index (χ1n) is 9.60. The lowest BCUT2D eigenvalue weighted by Crippen LogP contribution is -2.43. The number of hydrogen-bond donors (Lipinski definition) is 3. The average molecular weight is 398 g/mol. The van der Waals surface area contributed by atoms with E-state index in [0.29, 0.717) is 35.0 Å². The van der Waals surface area contributed by atoms with Crippen LogP contribution in [0.2, 0.25) is 0 Å². The maximum atomic E-state index is 13.2. The number of nitrogens with zero attached hydrogens (tertiary/aromatic N) is 2. The Hall–Kier alpha value is -4.13. The van der Waals surface area contributed by atoms with Gasteiger partial charge >= 0.3 is 11.7 Å². The lowest BCUT2D eigenvalue weighted by atomic mass is 10.1. The monoisotopic (exact) mass is 398 g/mol. The topological polar surface area (TPSA) is 111 Å². The lowest BCUT2D eigenvalue weighted by molar-refractivity contribution is -0.551. The van der Waals surface area contributed by atoms with E-state index in [0.717, 1.165) is 16.9 Å². The molecular formula is C23H20N5O2+. The predicted octanol–water partition coefficient (Wildman–Crippen LogP) is 3.14. The van der Waals surface area contributed by atoms with Crippen LogP contribution in [0, 0.1) is 0 Å². The van der Waals surface area contributed by atoms with Gasteiger partial charge in [0.1, 0.15) is 17.7 Å². The van der Waals surface area contributed by atoms with Gasteiger partial charge in [0.25, 0.3) is 0 Å². The number of benzene rings is 2. The maximum Gasteiger partial charge on any atom is 0.359 e. The quantitative estimate of drug-likeness (QED) is 0.360. The number of carbonyl (C=O) groups is 1. The molecule has 1 unspecified atom stereocenters. The molecule has 0 radical (unpaired) electrons. The zero-order valence-corrected chi connectivity index (χ0v) is 16.1. The summed E-state index contributed by atoms with van der Waals surface area (Å²) in [5.41, 5.74) is 16.1.